The number of rotatable bonds is 2. The Labute approximate surface area is 130 Å². The molecule has 2 heterocycles. The quantitative estimate of drug-likeness (QED) is 0.675. The van der Waals surface area contributed by atoms with Crippen LogP contribution in [0.4, 0.5) is 0 Å². The van der Waals surface area contributed by atoms with Gasteiger partial charge in [0.05, 0.1) is 6.04 Å². The summed E-state index contributed by atoms with van der Waals surface area (Å²) in [7, 11) is 0. The van der Waals surface area contributed by atoms with Gasteiger partial charge in [-0.2, -0.15) is 0 Å². The molecule has 4 rings (SSSR count). The van der Waals surface area contributed by atoms with Gasteiger partial charge in [-0.25, -0.2) is 0 Å². The largest absolute Gasteiger partial charge is 0.508 e. The van der Waals surface area contributed by atoms with E-state index in [2.05, 4.69) is 41.5 Å². The summed E-state index contributed by atoms with van der Waals surface area (Å²) in [6, 6.07) is 14.3. The van der Waals surface area contributed by atoms with Crippen molar-refractivity contribution in [2.75, 3.05) is 6.54 Å². The van der Waals surface area contributed by atoms with Gasteiger partial charge in [0, 0.05) is 23.1 Å². The van der Waals surface area contributed by atoms with Crippen LogP contribution in [0.5, 0.6) is 5.75 Å². The molecule has 3 N–H and O–H groups in total. The number of aromatic hydroxyl groups is 1. The molecule has 0 saturated heterocycles. The van der Waals surface area contributed by atoms with Gasteiger partial charge in [-0.15, -0.1) is 0 Å². The molecule has 0 spiro atoms. The highest BCUT2D eigenvalue weighted by Gasteiger charge is 2.25. The van der Waals surface area contributed by atoms with Gasteiger partial charge in [0.1, 0.15) is 5.75 Å². The molecule has 3 nitrogen and oxygen atoms in total. The Balaban J connectivity index is 1.87. The molecule has 112 valence electrons. The molecule has 1 aromatic heterocycles. The fraction of sp³-hybridized carbons (Fsp3) is 0.263. The van der Waals surface area contributed by atoms with Gasteiger partial charge in [-0.1, -0.05) is 25.1 Å². The molecule has 2 aromatic carbocycles. The van der Waals surface area contributed by atoms with E-state index in [0.29, 0.717) is 5.75 Å². The molecule has 0 aliphatic carbocycles. The monoisotopic (exact) mass is 292 g/mol. The number of phenols is 1. The average molecular weight is 292 g/mol. The van der Waals surface area contributed by atoms with E-state index in [0.717, 1.165) is 24.9 Å². The second-order valence-corrected chi connectivity index (χ2v) is 5.98. The van der Waals surface area contributed by atoms with Crippen LogP contribution in [0.1, 0.15) is 35.3 Å². The SMILES string of the molecule is CCc1ccc2[nH]c3c(c2c1)CCNC3c1cccc(O)c1. The van der Waals surface area contributed by atoms with Crippen molar-refractivity contribution in [2.24, 2.45) is 0 Å². The van der Waals surface area contributed by atoms with Crippen molar-refractivity contribution in [3.05, 3.63) is 64.8 Å². The second kappa shape index (κ2) is 5.18. The number of hydrogen-bond acceptors (Lipinski definition) is 2. The van der Waals surface area contributed by atoms with E-state index >= 15 is 0 Å². The van der Waals surface area contributed by atoms with Crippen molar-refractivity contribution in [3.63, 3.8) is 0 Å². The summed E-state index contributed by atoms with van der Waals surface area (Å²) in [4.78, 5) is 3.59. The van der Waals surface area contributed by atoms with Crippen LogP contribution < -0.4 is 5.32 Å². The summed E-state index contributed by atoms with van der Waals surface area (Å²) in [5.74, 6) is 0.316. The van der Waals surface area contributed by atoms with Crippen molar-refractivity contribution in [2.45, 2.75) is 25.8 Å². The Morgan fingerprint density at radius 1 is 1.18 bits per heavy atom. The van der Waals surface area contributed by atoms with E-state index < -0.39 is 0 Å². The van der Waals surface area contributed by atoms with Crippen molar-refractivity contribution >= 4 is 10.9 Å². The summed E-state index contributed by atoms with van der Waals surface area (Å²) in [6.45, 7) is 3.15. The number of benzene rings is 2. The van der Waals surface area contributed by atoms with Crippen molar-refractivity contribution in [1.29, 1.82) is 0 Å². The topological polar surface area (TPSA) is 48.0 Å². The van der Waals surface area contributed by atoms with Gasteiger partial charge in [-0.05, 0) is 53.8 Å². The lowest BCUT2D eigenvalue weighted by Gasteiger charge is -2.25. The average Bonchev–Trinajstić information content (AvgIpc) is 2.92. The molecule has 0 amide bonds. The molecule has 1 atom stereocenters. The van der Waals surface area contributed by atoms with Crippen LogP contribution >= 0.6 is 0 Å². The minimum Gasteiger partial charge on any atom is -0.508 e. The third kappa shape index (κ3) is 2.09. The fourth-order valence-electron chi connectivity index (χ4n) is 3.48. The first-order chi connectivity index (χ1) is 10.8. The highest BCUT2D eigenvalue weighted by Crippen LogP contribution is 2.34. The Morgan fingerprint density at radius 3 is 2.91 bits per heavy atom. The number of phenolic OH excluding ortho intramolecular Hbond substituents is 1. The van der Waals surface area contributed by atoms with E-state index in [1.165, 1.54) is 27.7 Å². The highest BCUT2D eigenvalue weighted by molar-refractivity contribution is 5.86. The lowest BCUT2D eigenvalue weighted by Crippen LogP contribution is -2.30. The molecule has 1 aliphatic rings. The van der Waals surface area contributed by atoms with Crippen LogP contribution in [0.15, 0.2) is 42.5 Å². The van der Waals surface area contributed by atoms with Crippen molar-refractivity contribution < 1.29 is 5.11 Å². The molecule has 0 bridgehead atoms. The van der Waals surface area contributed by atoms with Gasteiger partial charge in [-0.3, -0.25) is 0 Å². The smallest absolute Gasteiger partial charge is 0.115 e. The number of aromatic nitrogens is 1. The van der Waals surface area contributed by atoms with Crippen LogP contribution in [0.25, 0.3) is 10.9 Å². The number of nitrogens with one attached hydrogen (secondary N) is 2. The summed E-state index contributed by atoms with van der Waals surface area (Å²) in [6.07, 6.45) is 2.10. The molecule has 3 heteroatoms. The van der Waals surface area contributed by atoms with Gasteiger partial charge < -0.3 is 15.4 Å². The molecule has 0 saturated carbocycles. The lowest BCUT2D eigenvalue weighted by atomic mass is 9.94. The zero-order valence-corrected chi connectivity index (χ0v) is 12.7. The first kappa shape index (κ1) is 13.4. The van der Waals surface area contributed by atoms with Crippen molar-refractivity contribution in [1.82, 2.24) is 10.3 Å². The Hall–Kier alpha value is -2.26. The molecular weight excluding hydrogens is 272 g/mol. The second-order valence-electron chi connectivity index (χ2n) is 5.98. The maximum Gasteiger partial charge on any atom is 0.115 e. The normalized spacial score (nSPS) is 17.6. The summed E-state index contributed by atoms with van der Waals surface area (Å²) < 4.78 is 0. The molecule has 22 heavy (non-hydrogen) atoms. The molecular formula is C19H20N2O. The fourth-order valence-corrected chi connectivity index (χ4v) is 3.48. The van der Waals surface area contributed by atoms with Gasteiger partial charge in [0.2, 0.25) is 0 Å². The maximum absolute atomic E-state index is 9.76. The zero-order chi connectivity index (χ0) is 15.1. The predicted molar refractivity (Wildman–Crippen MR) is 89.3 cm³/mol. The molecule has 3 aromatic rings. The van der Waals surface area contributed by atoms with E-state index in [1.807, 2.05) is 12.1 Å². The highest BCUT2D eigenvalue weighted by atomic mass is 16.3. The van der Waals surface area contributed by atoms with Crippen LogP contribution in [-0.2, 0) is 12.8 Å². The number of H-pyrrole nitrogens is 1. The van der Waals surface area contributed by atoms with E-state index in [-0.39, 0.29) is 6.04 Å². The number of hydrogen-bond donors (Lipinski definition) is 3. The van der Waals surface area contributed by atoms with Gasteiger partial charge >= 0.3 is 0 Å². The Bertz CT molecular complexity index is 835. The zero-order valence-electron chi connectivity index (χ0n) is 12.7. The minimum atomic E-state index is 0.119. The van der Waals surface area contributed by atoms with Gasteiger partial charge in [0.15, 0.2) is 0 Å². The first-order valence-corrected chi connectivity index (χ1v) is 7.92. The van der Waals surface area contributed by atoms with Gasteiger partial charge in [0.25, 0.3) is 0 Å². The maximum atomic E-state index is 9.76. The third-order valence-corrected chi connectivity index (χ3v) is 4.63. The Morgan fingerprint density at radius 2 is 2.09 bits per heavy atom. The number of aromatic amines is 1. The minimum absolute atomic E-state index is 0.119. The predicted octanol–water partition coefficient (Wildman–Crippen LogP) is 3.67. The van der Waals surface area contributed by atoms with E-state index in [4.69, 9.17) is 0 Å². The summed E-state index contributed by atoms with van der Waals surface area (Å²) in [5.41, 5.74) is 6.33. The van der Waals surface area contributed by atoms with Crippen LogP contribution in [0.3, 0.4) is 0 Å². The third-order valence-electron chi connectivity index (χ3n) is 4.63. The van der Waals surface area contributed by atoms with Crippen LogP contribution in [0.2, 0.25) is 0 Å². The van der Waals surface area contributed by atoms with E-state index in [9.17, 15) is 5.11 Å². The number of aryl methyl sites for hydroxylation is 1. The summed E-state index contributed by atoms with van der Waals surface area (Å²) >= 11 is 0. The molecule has 1 aliphatic heterocycles. The first-order valence-electron chi connectivity index (χ1n) is 7.92. The van der Waals surface area contributed by atoms with E-state index in [1.54, 1.807) is 6.07 Å². The number of fused-ring (bicyclic) bond motifs is 3. The molecule has 0 radical (unpaired) electrons. The van der Waals surface area contributed by atoms with Crippen LogP contribution in [0, 0.1) is 0 Å². The lowest BCUT2D eigenvalue weighted by molar-refractivity contribution is 0.472. The van der Waals surface area contributed by atoms with Crippen molar-refractivity contribution in [3.8, 4) is 5.75 Å². The van der Waals surface area contributed by atoms with Crippen LogP contribution in [-0.4, -0.2) is 16.6 Å². The standard InChI is InChI=1S/C19H20N2O/c1-2-12-6-7-17-16(10-12)15-8-9-20-18(19(15)21-17)13-4-3-5-14(22)11-13/h3-7,10-11,18,20-22H,2,8-9H2,1H3. The molecule has 0 fully saturated rings. The Kier molecular flexibility index (Phi) is 3.16. The molecule has 1 unspecified atom stereocenters. The summed E-state index contributed by atoms with van der Waals surface area (Å²) in [5, 5.41) is 14.7.